The van der Waals surface area contributed by atoms with Gasteiger partial charge in [0, 0.05) is 24.5 Å². The van der Waals surface area contributed by atoms with Crippen molar-refractivity contribution in [2.24, 2.45) is 0 Å². The van der Waals surface area contributed by atoms with Crippen molar-refractivity contribution in [1.82, 2.24) is 10.2 Å². The first-order valence-electron chi connectivity index (χ1n) is 11.1. The van der Waals surface area contributed by atoms with Gasteiger partial charge in [-0.15, -0.1) is 0 Å². The van der Waals surface area contributed by atoms with Crippen LogP contribution < -0.4 is 20.3 Å². The molecule has 10 heteroatoms. The van der Waals surface area contributed by atoms with Gasteiger partial charge >= 0.3 is 12.6 Å². The number of ether oxygens (including phenoxy) is 1. The molecule has 4 amide bonds. The molecule has 0 aliphatic carbocycles. The summed E-state index contributed by atoms with van der Waals surface area (Å²) in [5.41, 5.74) is 0.600. The second-order valence-corrected chi connectivity index (χ2v) is 8.49. The lowest BCUT2D eigenvalue weighted by Crippen LogP contribution is -2.42. The van der Waals surface area contributed by atoms with Crippen LogP contribution in [-0.2, 0) is 15.1 Å². The van der Waals surface area contributed by atoms with Crippen LogP contribution in [0.3, 0.4) is 0 Å². The molecule has 0 saturated carbocycles. The Morgan fingerprint density at radius 2 is 1.71 bits per heavy atom. The minimum Gasteiger partial charge on any atom is -0.435 e. The van der Waals surface area contributed by atoms with Crippen LogP contribution in [-0.4, -0.2) is 49.0 Å². The summed E-state index contributed by atoms with van der Waals surface area (Å²) in [6, 6.07) is 12.2. The summed E-state index contributed by atoms with van der Waals surface area (Å²) in [4.78, 5) is 41.2. The Balaban J connectivity index is 1.38. The molecule has 2 aromatic carbocycles. The summed E-state index contributed by atoms with van der Waals surface area (Å²) in [5, 5.41) is 5.30. The fourth-order valence-electron chi connectivity index (χ4n) is 4.26. The van der Waals surface area contributed by atoms with Gasteiger partial charge in [0.1, 0.15) is 17.8 Å². The number of alkyl halides is 2. The van der Waals surface area contributed by atoms with Gasteiger partial charge in [-0.05, 0) is 68.1 Å². The molecule has 2 aliphatic heterocycles. The van der Waals surface area contributed by atoms with Crippen LogP contribution in [0.4, 0.5) is 25.0 Å². The highest BCUT2D eigenvalue weighted by atomic mass is 19.3. The fraction of sp³-hybridized carbons (Fsp3) is 0.375. The lowest BCUT2D eigenvalue weighted by molar-refractivity contribution is -0.133. The molecule has 0 aromatic heterocycles. The molecule has 0 bridgehead atoms. The van der Waals surface area contributed by atoms with Gasteiger partial charge in [-0.3, -0.25) is 14.5 Å². The standard InChI is InChI=1S/C24H26F2N4O4/c1-24(16-5-11-19(12-6-16)34-22(25)26)21(32)30(23(33)28-24)15-20(31)27-17-7-9-18(10-8-17)29-13-3-2-4-14-29/h5-12,22H,2-4,13-15H2,1H3,(H,27,31)(H,28,33)/t24-/m0/s1. The number of nitrogens with one attached hydrogen (secondary N) is 2. The number of urea groups is 1. The van der Waals surface area contributed by atoms with E-state index in [9.17, 15) is 23.2 Å². The van der Waals surface area contributed by atoms with Crippen LogP contribution >= 0.6 is 0 Å². The molecule has 34 heavy (non-hydrogen) atoms. The van der Waals surface area contributed by atoms with Crippen molar-refractivity contribution >= 4 is 29.2 Å². The topological polar surface area (TPSA) is 91.0 Å². The van der Waals surface area contributed by atoms with Crippen LogP contribution in [0.5, 0.6) is 5.75 Å². The number of halogens is 2. The van der Waals surface area contributed by atoms with Crippen LogP contribution in [0.15, 0.2) is 48.5 Å². The van der Waals surface area contributed by atoms with E-state index in [4.69, 9.17) is 0 Å². The average molecular weight is 472 g/mol. The first-order valence-corrected chi connectivity index (χ1v) is 11.1. The third kappa shape index (κ3) is 4.95. The van der Waals surface area contributed by atoms with Gasteiger partial charge in [-0.1, -0.05) is 12.1 Å². The normalized spacial score (nSPS) is 20.5. The summed E-state index contributed by atoms with van der Waals surface area (Å²) >= 11 is 0. The number of anilines is 2. The van der Waals surface area contributed by atoms with Crippen LogP contribution in [0.2, 0.25) is 0 Å². The Morgan fingerprint density at radius 1 is 1.06 bits per heavy atom. The number of nitrogens with zero attached hydrogens (tertiary/aromatic N) is 2. The SMILES string of the molecule is C[C@@]1(c2ccc(OC(F)F)cc2)NC(=O)N(CC(=O)Nc2ccc(N3CCCCC3)cc2)C1=O. The first kappa shape index (κ1) is 23.5. The molecular formula is C24H26F2N4O4. The molecule has 1 atom stereocenters. The molecular weight excluding hydrogens is 446 g/mol. The molecule has 4 rings (SSSR count). The Morgan fingerprint density at radius 3 is 2.32 bits per heavy atom. The minimum atomic E-state index is -2.97. The van der Waals surface area contributed by atoms with Crippen LogP contribution in [0, 0.1) is 0 Å². The van der Waals surface area contributed by atoms with Crippen molar-refractivity contribution in [1.29, 1.82) is 0 Å². The minimum absolute atomic E-state index is 0.0679. The van der Waals surface area contributed by atoms with Crippen molar-refractivity contribution in [2.75, 3.05) is 29.9 Å². The molecule has 8 nitrogen and oxygen atoms in total. The molecule has 0 radical (unpaired) electrons. The number of rotatable bonds is 7. The Labute approximate surface area is 195 Å². The number of amides is 4. The zero-order valence-corrected chi connectivity index (χ0v) is 18.7. The Bertz CT molecular complexity index is 1060. The smallest absolute Gasteiger partial charge is 0.387 e. The molecule has 2 aliphatic rings. The summed E-state index contributed by atoms with van der Waals surface area (Å²) < 4.78 is 29.0. The molecule has 2 saturated heterocycles. The number of hydrogen-bond donors (Lipinski definition) is 2. The second-order valence-electron chi connectivity index (χ2n) is 8.49. The van der Waals surface area contributed by atoms with E-state index in [0.717, 1.165) is 36.5 Å². The lowest BCUT2D eigenvalue weighted by Gasteiger charge is -2.28. The quantitative estimate of drug-likeness (QED) is 0.600. The third-order valence-electron chi connectivity index (χ3n) is 6.11. The monoisotopic (exact) mass is 472 g/mol. The van der Waals surface area contributed by atoms with E-state index in [0.29, 0.717) is 11.3 Å². The number of piperidine rings is 1. The van der Waals surface area contributed by atoms with Crippen molar-refractivity contribution < 1.29 is 27.9 Å². The zero-order valence-electron chi connectivity index (χ0n) is 18.7. The van der Waals surface area contributed by atoms with Crippen LogP contribution in [0.1, 0.15) is 31.7 Å². The lowest BCUT2D eigenvalue weighted by atomic mass is 9.92. The zero-order chi connectivity index (χ0) is 24.3. The Kier molecular flexibility index (Phi) is 6.67. The summed E-state index contributed by atoms with van der Waals surface area (Å²) in [5.74, 6) is -1.20. The third-order valence-corrected chi connectivity index (χ3v) is 6.11. The van der Waals surface area contributed by atoms with E-state index in [1.807, 2.05) is 12.1 Å². The fourth-order valence-corrected chi connectivity index (χ4v) is 4.26. The number of benzene rings is 2. The molecule has 2 N–H and O–H groups in total. The maximum Gasteiger partial charge on any atom is 0.387 e. The van der Waals surface area contributed by atoms with E-state index in [1.54, 1.807) is 12.1 Å². The number of carbonyl (C=O) groups is 3. The predicted molar refractivity (Wildman–Crippen MR) is 122 cm³/mol. The molecule has 2 aromatic rings. The van der Waals surface area contributed by atoms with E-state index in [1.165, 1.54) is 37.6 Å². The van der Waals surface area contributed by atoms with Gasteiger partial charge in [-0.2, -0.15) is 8.78 Å². The number of hydrogen-bond acceptors (Lipinski definition) is 5. The van der Waals surface area contributed by atoms with Gasteiger partial charge in [0.2, 0.25) is 5.91 Å². The van der Waals surface area contributed by atoms with Crippen molar-refractivity contribution in [3.63, 3.8) is 0 Å². The summed E-state index contributed by atoms with van der Waals surface area (Å²) in [6.07, 6.45) is 3.57. The molecule has 2 heterocycles. The van der Waals surface area contributed by atoms with E-state index in [2.05, 4.69) is 20.3 Å². The highest BCUT2D eigenvalue weighted by Crippen LogP contribution is 2.30. The first-order chi connectivity index (χ1) is 16.3. The summed E-state index contributed by atoms with van der Waals surface area (Å²) in [6.45, 7) is 0.0926. The van der Waals surface area contributed by atoms with E-state index in [-0.39, 0.29) is 5.75 Å². The largest absolute Gasteiger partial charge is 0.435 e. The van der Waals surface area contributed by atoms with E-state index < -0.39 is 36.5 Å². The van der Waals surface area contributed by atoms with Gasteiger partial charge in [0.25, 0.3) is 5.91 Å². The second kappa shape index (κ2) is 9.66. The number of imide groups is 1. The van der Waals surface area contributed by atoms with E-state index >= 15 is 0 Å². The molecule has 2 fully saturated rings. The van der Waals surface area contributed by atoms with Crippen molar-refractivity contribution in [2.45, 2.75) is 38.3 Å². The maximum absolute atomic E-state index is 13.0. The highest BCUT2D eigenvalue weighted by Gasteiger charge is 2.49. The molecule has 0 spiro atoms. The van der Waals surface area contributed by atoms with Crippen LogP contribution in [0.25, 0.3) is 0 Å². The number of carbonyl (C=O) groups excluding carboxylic acids is 3. The highest BCUT2D eigenvalue weighted by molar-refractivity contribution is 6.10. The van der Waals surface area contributed by atoms with Crippen molar-refractivity contribution in [3.8, 4) is 5.75 Å². The average Bonchev–Trinajstić information content (AvgIpc) is 3.04. The summed E-state index contributed by atoms with van der Waals surface area (Å²) in [7, 11) is 0. The maximum atomic E-state index is 13.0. The van der Waals surface area contributed by atoms with Crippen molar-refractivity contribution in [3.05, 3.63) is 54.1 Å². The van der Waals surface area contributed by atoms with Gasteiger partial charge in [0.15, 0.2) is 0 Å². The van der Waals surface area contributed by atoms with Gasteiger partial charge in [-0.25, -0.2) is 4.79 Å². The Hall–Kier alpha value is -3.69. The molecule has 180 valence electrons. The predicted octanol–water partition coefficient (Wildman–Crippen LogP) is 3.68. The molecule has 0 unspecified atom stereocenters. The van der Waals surface area contributed by atoms with Gasteiger partial charge < -0.3 is 20.3 Å². The van der Waals surface area contributed by atoms with Gasteiger partial charge in [0.05, 0.1) is 0 Å².